The van der Waals surface area contributed by atoms with Crippen molar-refractivity contribution >= 4 is 0 Å². The molecule has 0 atom stereocenters. The van der Waals surface area contributed by atoms with E-state index in [0.29, 0.717) is 12.1 Å². The van der Waals surface area contributed by atoms with Crippen LogP contribution >= 0.6 is 0 Å². The second kappa shape index (κ2) is 6.89. The van der Waals surface area contributed by atoms with Gasteiger partial charge in [-0.1, -0.05) is 51.4 Å². The van der Waals surface area contributed by atoms with Crippen LogP contribution in [0.25, 0.3) is 0 Å². The van der Waals surface area contributed by atoms with Gasteiger partial charge in [-0.15, -0.1) is 0 Å². The maximum atomic E-state index is 9.49. The van der Waals surface area contributed by atoms with Crippen LogP contribution in [0.2, 0.25) is 0 Å². The van der Waals surface area contributed by atoms with Crippen LogP contribution in [-0.4, -0.2) is 17.0 Å². The number of nitrogens with zero attached hydrogens (tertiary/aromatic N) is 2. The van der Waals surface area contributed by atoms with Gasteiger partial charge in [-0.2, -0.15) is 5.26 Å². The van der Waals surface area contributed by atoms with Gasteiger partial charge in [-0.05, 0) is 25.7 Å². The van der Waals surface area contributed by atoms with Gasteiger partial charge in [-0.3, -0.25) is 0 Å². The summed E-state index contributed by atoms with van der Waals surface area (Å²) >= 11 is 0. The van der Waals surface area contributed by atoms with Gasteiger partial charge < -0.3 is 4.90 Å². The monoisotopic (exact) mass is 234 g/mol. The van der Waals surface area contributed by atoms with E-state index in [-0.39, 0.29) is 0 Å². The third kappa shape index (κ3) is 3.63. The van der Waals surface area contributed by atoms with Crippen LogP contribution in [0, 0.1) is 11.5 Å². The maximum absolute atomic E-state index is 9.49. The van der Waals surface area contributed by atoms with Crippen molar-refractivity contribution in [2.75, 3.05) is 0 Å². The first-order valence-corrected chi connectivity index (χ1v) is 7.60. The van der Waals surface area contributed by atoms with Gasteiger partial charge >= 0.3 is 0 Å². The van der Waals surface area contributed by atoms with Gasteiger partial charge in [-0.25, -0.2) is 0 Å². The summed E-state index contributed by atoms with van der Waals surface area (Å²) in [5, 5.41) is 9.49. The Kier molecular flexibility index (Phi) is 5.16. The normalized spacial score (nSPS) is 24.6. The van der Waals surface area contributed by atoms with Crippen LogP contribution in [0.4, 0.5) is 0 Å². The SMILES string of the molecule is N#CN(C1CCCCCC1)C1CCCCCC1. The van der Waals surface area contributed by atoms with Crippen LogP contribution in [0.5, 0.6) is 0 Å². The predicted octanol–water partition coefficient (Wildman–Crippen LogP) is 4.22. The molecule has 2 aliphatic carbocycles. The lowest BCUT2D eigenvalue weighted by atomic mass is 10.0. The number of rotatable bonds is 2. The second-order valence-corrected chi connectivity index (χ2v) is 5.80. The largest absolute Gasteiger partial charge is 0.305 e. The summed E-state index contributed by atoms with van der Waals surface area (Å²) in [5.41, 5.74) is 0. The highest BCUT2D eigenvalue weighted by Gasteiger charge is 2.26. The lowest BCUT2D eigenvalue weighted by molar-refractivity contribution is 0.181. The Morgan fingerprint density at radius 1 is 0.647 bits per heavy atom. The minimum atomic E-state index is 0.561. The van der Waals surface area contributed by atoms with Crippen molar-refractivity contribution in [3.05, 3.63) is 0 Å². The molecule has 0 N–H and O–H groups in total. The molecular formula is C15H26N2. The van der Waals surface area contributed by atoms with E-state index in [1.165, 1.54) is 77.0 Å². The van der Waals surface area contributed by atoms with Crippen molar-refractivity contribution in [2.45, 2.75) is 89.1 Å². The van der Waals surface area contributed by atoms with Crippen LogP contribution in [-0.2, 0) is 0 Å². The van der Waals surface area contributed by atoms with E-state index in [4.69, 9.17) is 0 Å². The minimum Gasteiger partial charge on any atom is -0.305 e. The molecule has 17 heavy (non-hydrogen) atoms. The quantitative estimate of drug-likeness (QED) is 0.406. The molecule has 0 saturated heterocycles. The van der Waals surface area contributed by atoms with Crippen LogP contribution < -0.4 is 0 Å². The van der Waals surface area contributed by atoms with Crippen molar-refractivity contribution in [1.82, 2.24) is 4.90 Å². The second-order valence-electron chi connectivity index (χ2n) is 5.80. The molecule has 0 heterocycles. The van der Waals surface area contributed by atoms with Gasteiger partial charge in [0.25, 0.3) is 0 Å². The molecule has 96 valence electrons. The molecule has 0 unspecified atom stereocenters. The molecule has 2 heteroatoms. The molecule has 0 amide bonds. The van der Waals surface area contributed by atoms with E-state index in [1.54, 1.807) is 0 Å². The van der Waals surface area contributed by atoms with Crippen molar-refractivity contribution < 1.29 is 0 Å². The molecule has 0 spiro atoms. The zero-order valence-corrected chi connectivity index (χ0v) is 11.0. The molecule has 2 nitrogen and oxygen atoms in total. The molecule has 0 aromatic rings. The molecule has 2 fully saturated rings. The lowest BCUT2D eigenvalue weighted by Gasteiger charge is -2.33. The highest BCUT2D eigenvalue weighted by atomic mass is 15.2. The van der Waals surface area contributed by atoms with Gasteiger partial charge in [0.2, 0.25) is 0 Å². The highest BCUT2D eigenvalue weighted by Crippen LogP contribution is 2.28. The smallest absolute Gasteiger partial charge is 0.179 e. The summed E-state index contributed by atoms with van der Waals surface area (Å²) in [4.78, 5) is 2.19. The standard InChI is InChI=1S/C15H26N2/c16-13-17(14-9-5-1-2-6-10-14)15-11-7-3-4-8-12-15/h14-15H,1-12H2. The molecule has 0 aliphatic heterocycles. The average molecular weight is 234 g/mol. The summed E-state index contributed by atoms with van der Waals surface area (Å²) in [6, 6.07) is 1.12. The van der Waals surface area contributed by atoms with E-state index in [0.717, 1.165) is 0 Å². The van der Waals surface area contributed by atoms with Crippen LogP contribution in [0.15, 0.2) is 0 Å². The zero-order valence-electron chi connectivity index (χ0n) is 11.0. The summed E-state index contributed by atoms with van der Waals surface area (Å²) in [7, 11) is 0. The Balaban J connectivity index is 1.95. The molecule has 0 bridgehead atoms. The van der Waals surface area contributed by atoms with E-state index < -0.39 is 0 Å². The number of nitriles is 1. The predicted molar refractivity (Wildman–Crippen MR) is 70.4 cm³/mol. The maximum Gasteiger partial charge on any atom is 0.179 e. The first kappa shape index (κ1) is 12.7. The van der Waals surface area contributed by atoms with Crippen molar-refractivity contribution in [2.24, 2.45) is 0 Å². The molecule has 2 saturated carbocycles. The minimum absolute atomic E-state index is 0.561. The summed E-state index contributed by atoms with van der Waals surface area (Å²) in [6.45, 7) is 0. The van der Waals surface area contributed by atoms with E-state index in [2.05, 4.69) is 11.1 Å². The zero-order chi connectivity index (χ0) is 11.9. The van der Waals surface area contributed by atoms with E-state index in [1.807, 2.05) is 0 Å². The molecular weight excluding hydrogens is 208 g/mol. The number of hydrogen-bond acceptors (Lipinski definition) is 2. The highest BCUT2D eigenvalue weighted by molar-refractivity contribution is 4.90. The third-order valence-corrected chi connectivity index (χ3v) is 4.55. The Morgan fingerprint density at radius 3 is 1.29 bits per heavy atom. The Labute approximate surface area is 106 Å². The van der Waals surface area contributed by atoms with Crippen molar-refractivity contribution in [1.29, 1.82) is 5.26 Å². The van der Waals surface area contributed by atoms with Crippen LogP contribution in [0.1, 0.15) is 77.0 Å². The molecule has 0 aromatic heterocycles. The van der Waals surface area contributed by atoms with Gasteiger partial charge in [0.1, 0.15) is 0 Å². The molecule has 2 rings (SSSR count). The summed E-state index contributed by atoms with van der Waals surface area (Å²) in [6.07, 6.45) is 18.4. The first-order valence-electron chi connectivity index (χ1n) is 7.60. The van der Waals surface area contributed by atoms with E-state index in [9.17, 15) is 5.26 Å². The average Bonchev–Trinajstić information content (AvgIpc) is 2.75. The van der Waals surface area contributed by atoms with Crippen LogP contribution in [0.3, 0.4) is 0 Å². The van der Waals surface area contributed by atoms with Gasteiger partial charge in [0.05, 0.1) is 0 Å². The number of hydrogen-bond donors (Lipinski definition) is 0. The molecule has 0 radical (unpaired) electrons. The topological polar surface area (TPSA) is 27.0 Å². The summed E-state index contributed by atoms with van der Waals surface area (Å²) < 4.78 is 0. The molecule has 2 aliphatic rings. The fourth-order valence-electron chi connectivity index (χ4n) is 3.53. The Morgan fingerprint density at radius 2 is 1.00 bits per heavy atom. The third-order valence-electron chi connectivity index (χ3n) is 4.55. The first-order chi connectivity index (χ1) is 8.42. The van der Waals surface area contributed by atoms with Crippen molar-refractivity contribution in [3.63, 3.8) is 0 Å². The Hall–Kier alpha value is -0.710. The van der Waals surface area contributed by atoms with E-state index >= 15 is 0 Å². The van der Waals surface area contributed by atoms with Gasteiger partial charge in [0.15, 0.2) is 6.19 Å². The molecule has 0 aromatic carbocycles. The van der Waals surface area contributed by atoms with Crippen molar-refractivity contribution in [3.8, 4) is 6.19 Å². The summed E-state index contributed by atoms with van der Waals surface area (Å²) in [5.74, 6) is 0. The van der Waals surface area contributed by atoms with Gasteiger partial charge in [0, 0.05) is 12.1 Å². The lowest BCUT2D eigenvalue weighted by Crippen LogP contribution is -2.39. The Bertz CT molecular complexity index is 220. The fourth-order valence-corrected chi connectivity index (χ4v) is 3.53. The fraction of sp³-hybridized carbons (Fsp3) is 0.933.